The lowest BCUT2D eigenvalue weighted by Gasteiger charge is -2.29. The van der Waals surface area contributed by atoms with Gasteiger partial charge in [0.15, 0.2) is 11.5 Å². The standard InChI is InChI=1S/C17H26N2O3S/c1-18(2)7-4-10-22-15-6-5-14(13-16(15)20-3)17(23)19-8-11-21-12-9-19/h5-6,13H,4,7-12H2,1-3H3. The highest BCUT2D eigenvalue weighted by molar-refractivity contribution is 7.80. The molecular formula is C17H26N2O3S. The zero-order valence-corrected chi connectivity index (χ0v) is 15.0. The normalized spacial score (nSPS) is 14.9. The van der Waals surface area contributed by atoms with Gasteiger partial charge >= 0.3 is 0 Å². The maximum Gasteiger partial charge on any atom is 0.161 e. The van der Waals surface area contributed by atoms with Crippen molar-refractivity contribution in [3.8, 4) is 11.5 Å². The zero-order valence-electron chi connectivity index (χ0n) is 14.2. The van der Waals surface area contributed by atoms with E-state index in [1.807, 2.05) is 18.2 Å². The minimum Gasteiger partial charge on any atom is -0.493 e. The number of rotatable bonds is 7. The molecular weight excluding hydrogens is 312 g/mol. The summed E-state index contributed by atoms with van der Waals surface area (Å²) in [6.45, 7) is 4.80. The summed E-state index contributed by atoms with van der Waals surface area (Å²) in [6.07, 6.45) is 0.976. The van der Waals surface area contributed by atoms with E-state index in [-0.39, 0.29) is 0 Å². The van der Waals surface area contributed by atoms with Gasteiger partial charge < -0.3 is 24.0 Å². The molecule has 0 spiro atoms. The summed E-state index contributed by atoms with van der Waals surface area (Å²) in [5.41, 5.74) is 0.986. The summed E-state index contributed by atoms with van der Waals surface area (Å²) in [7, 11) is 5.77. The van der Waals surface area contributed by atoms with Crippen LogP contribution in [0.15, 0.2) is 18.2 Å². The fourth-order valence-corrected chi connectivity index (χ4v) is 2.74. The minimum absolute atomic E-state index is 0.668. The predicted octanol–water partition coefficient (Wildman–Crippen LogP) is 2.03. The van der Waals surface area contributed by atoms with E-state index in [9.17, 15) is 0 Å². The number of benzene rings is 1. The molecule has 0 radical (unpaired) electrons. The van der Waals surface area contributed by atoms with Gasteiger partial charge in [-0.2, -0.15) is 0 Å². The van der Waals surface area contributed by atoms with Crippen LogP contribution in [0.1, 0.15) is 12.0 Å². The Hall–Kier alpha value is -1.37. The molecule has 0 amide bonds. The Labute approximate surface area is 144 Å². The van der Waals surface area contributed by atoms with Crippen LogP contribution in [0.25, 0.3) is 0 Å². The van der Waals surface area contributed by atoms with E-state index in [1.165, 1.54) is 0 Å². The smallest absolute Gasteiger partial charge is 0.161 e. The Balaban J connectivity index is 1.99. The molecule has 2 rings (SSSR count). The first-order valence-corrected chi connectivity index (χ1v) is 8.35. The lowest BCUT2D eigenvalue weighted by molar-refractivity contribution is 0.0693. The molecule has 1 aromatic rings. The van der Waals surface area contributed by atoms with E-state index in [0.717, 1.165) is 61.3 Å². The van der Waals surface area contributed by atoms with Crippen molar-refractivity contribution in [2.45, 2.75) is 6.42 Å². The van der Waals surface area contributed by atoms with Crippen molar-refractivity contribution in [1.29, 1.82) is 0 Å². The Morgan fingerprint density at radius 3 is 2.65 bits per heavy atom. The van der Waals surface area contributed by atoms with Gasteiger partial charge in [0, 0.05) is 25.2 Å². The second kappa shape index (κ2) is 9.05. The summed E-state index contributed by atoms with van der Waals surface area (Å²) < 4.78 is 16.7. The zero-order chi connectivity index (χ0) is 16.7. The number of methoxy groups -OCH3 is 1. The maximum absolute atomic E-state index is 5.83. The molecule has 0 N–H and O–H groups in total. The highest BCUT2D eigenvalue weighted by Crippen LogP contribution is 2.29. The summed E-state index contributed by atoms with van der Waals surface area (Å²) >= 11 is 5.59. The minimum atomic E-state index is 0.668. The van der Waals surface area contributed by atoms with Crippen molar-refractivity contribution in [2.24, 2.45) is 0 Å². The van der Waals surface area contributed by atoms with Crippen LogP contribution >= 0.6 is 12.2 Å². The van der Waals surface area contributed by atoms with Crippen LogP contribution in [0.3, 0.4) is 0 Å². The summed E-state index contributed by atoms with van der Waals surface area (Å²) in [6, 6.07) is 5.90. The Morgan fingerprint density at radius 1 is 1.26 bits per heavy atom. The molecule has 0 unspecified atom stereocenters. The second-order valence-corrected chi connectivity index (χ2v) is 6.16. The number of hydrogen-bond acceptors (Lipinski definition) is 5. The SMILES string of the molecule is COc1cc(C(=S)N2CCOCC2)ccc1OCCCN(C)C. The lowest BCUT2D eigenvalue weighted by atomic mass is 10.1. The topological polar surface area (TPSA) is 34.2 Å². The number of thiocarbonyl (C=S) groups is 1. The molecule has 1 heterocycles. The van der Waals surface area contributed by atoms with Crippen molar-refractivity contribution >= 4 is 17.2 Å². The predicted molar refractivity (Wildman–Crippen MR) is 95.8 cm³/mol. The molecule has 1 aliphatic rings. The third kappa shape index (κ3) is 5.34. The Morgan fingerprint density at radius 2 is 2.00 bits per heavy atom. The number of nitrogens with zero attached hydrogens (tertiary/aromatic N) is 2. The average molecular weight is 338 g/mol. The third-order valence-corrected chi connectivity index (χ3v) is 4.21. The number of hydrogen-bond donors (Lipinski definition) is 0. The van der Waals surface area contributed by atoms with Crippen LogP contribution in [0.4, 0.5) is 0 Å². The molecule has 1 aromatic carbocycles. The maximum atomic E-state index is 5.83. The van der Waals surface area contributed by atoms with Crippen LogP contribution in [-0.2, 0) is 4.74 Å². The number of morpholine rings is 1. The van der Waals surface area contributed by atoms with Crippen molar-refractivity contribution in [3.63, 3.8) is 0 Å². The van der Waals surface area contributed by atoms with Crippen LogP contribution < -0.4 is 9.47 Å². The lowest BCUT2D eigenvalue weighted by Crippen LogP contribution is -2.40. The molecule has 1 fully saturated rings. The summed E-state index contributed by atoms with van der Waals surface area (Å²) in [5, 5.41) is 0. The Kier molecular flexibility index (Phi) is 7.08. The van der Waals surface area contributed by atoms with Gasteiger partial charge in [-0.3, -0.25) is 0 Å². The van der Waals surface area contributed by atoms with Crippen molar-refractivity contribution in [3.05, 3.63) is 23.8 Å². The average Bonchev–Trinajstić information content (AvgIpc) is 2.58. The highest BCUT2D eigenvalue weighted by atomic mass is 32.1. The largest absolute Gasteiger partial charge is 0.493 e. The van der Waals surface area contributed by atoms with Gasteiger partial charge in [-0.05, 0) is 38.7 Å². The van der Waals surface area contributed by atoms with E-state index >= 15 is 0 Å². The molecule has 1 aliphatic heterocycles. The summed E-state index contributed by atoms with van der Waals surface area (Å²) in [4.78, 5) is 5.15. The van der Waals surface area contributed by atoms with Crippen LogP contribution in [0, 0.1) is 0 Å². The molecule has 0 aromatic heterocycles. The van der Waals surface area contributed by atoms with Crippen LogP contribution in [0.2, 0.25) is 0 Å². The second-order valence-electron chi connectivity index (χ2n) is 5.78. The molecule has 0 bridgehead atoms. The van der Waals surface area contributed by atoms with Crippen molar-refractivity contribution < 1.29 is 14.2 Å². The van der Waals surface area contributed by atoms with Gasteiger partial charge in [0.25, 0.3) is 0 Å². The Bertz CT molecular complexity index is 517. The molecule has 0 aliphatic carbocycles. The fourth-order valence-electron chi connectivity index (χ4n) is 2.43. The molecule has 5 nitrogen and oxygen atoms in total. The molecule has 6 heteroatoms. The molecule has 1 saturated heterocycles. The van der Waals surface area contributed by atoms with Crippen LogP contribution in [0.5, 0.6) is 11.5 Å². The monoisotopic (exact) mass is 338 g/mol. The van der Waals surface area contributed by atoms with E-state index in [4.69, 9.17) is 26.4 Å². The van der Waals surface area contributed by atoms with E-state index < -0.39 is 0 Å². The summed E-state index contributed by atoms with van der Waals surface area (Å²) in [5.74, 6) is 1.49. The first kappa shape index (κ1) is 18.0. The third-order valence-electron chi connectivity index (χ3n) is 3.72. The molecule has 23 heavy (non-hydrogen) atoms. The van der Waals surface area contributed by atoms with Gasteiger partial charge in [-0.15, -0.1) is 0 Å². The molecule has 128 valence electrons. The van der Waals surface area contributed by atoms with E-state index in [1.54, 1.807) is 7.11 Å². The molecule has 0 atom stereocenters. The first-order valence-electron chi connectivity index (χ1n) is 7.94. The van der Waals surface area contributed by atoms with Crippen LogP contribution in [-0.4, -0.2) is 75.4 Å². The quantitative estimate of drug-likeness (QED) is 0.559. The highest BCUT2D eigenvalue weighted by Gasteiger charge is 2.17. The van der Waals surface area contributed by atoms with Gasteiger partial charge in [-0.25, -0.2) is 0 Å². The number of ether oxygens (including phenoxy) is 3. The van der Waals surface area contributed by atoms with Gasteiger partial charge in [0.05, 0.1) is 26.9 Å². The van der Waals surface area contributed by atoms with Gasteiger partial charge in [-0.1, -0.05) is 12.2 Å². The van der Waals surface area contributed by atoms with Gasteiger partial charge in [0.2, 0.25) is 0 Å². The van der Waals surface area contributed by atoms with Crippen molar-refractivity contribution in [2.75, 3.05) is 60.7 Å². The van der Waals surface area contributed by atoms with E-state index in [0.29, 0.717) is 6.61 Å². The fraction of sp³-hybridized carbons (Fsp3) is 0.588. The van der Waals surface area contributed by atoms with Gasteiger partial charge in [0.1, 0.15) is 4.99 Å². The van der Waals surface area contributed by atoms with E-state index in [2.05, 4.69) is 23.9 Å². The van der Waals surface area contributed by atoms with Crippen molar-refractivity contribution in [1.82, 2.24) is 9.80 Å². The molecule has 0 saturated carbocycles. The first-order chi connectivity index (χ1) is 11.1.